The molecule has 0 fully saturated rings. The molecule has 0 aliphatic carbocycles. The number of hydrogen-bond donors (Lipinski definition) is 0. The smallest absolute Gasteiger partial charge is 0.748 e. The molecule has 0 amide bonds. The van der Waals surface area contributed by atoms with Crippen LogP contribution in [0.3, 0.4) is 0 Å². The second-order valence-electron chi connectivity index (χ2n) is 19.8. The number of benzene rings is 3. The molecule has 0 spiro atoms. The van der Waals surface area contributed by atoms with Crippen LogP contribution in [0.15, 0.2) is 72.8 Å². The average Bonchev–Trinajstić information content (AvgIpc) is 3.31. The molecule has 0 bridgehead atoms. The fourth-order valence-corrected chi connectivity index (χ4v) is 10.8. The van der Waals surface area contributed by atoms with Gasteiger partial charge in [-0.1, -0.05) is 267 Å². The molecule has 0 heterocycles. The van der Waals surface area contributed by atoms with E-state index in [9.17, 15) is 38.9 Å². The molecular formula is C60H100O9S3Zr. The van der Waals surface area contributed by atoms with Gasteiger partial charge in [-0.05, 0) is 71.9 Å². The third-order valence-corrected chi connectivity index (χ3v) is 14.7. The Morgan fingerprint density at radius 3 is 0.616 bits per heavy atom. The summed E-state index contributed by atoms with van der Waals surface area (Å²) in [5.74, 6) is -1.16. The van der Waals surface area contributed by atoms with E-state index in [2.05, 4.69) is 20.8 Å². The number of aryl methyl sites for hydroxylation is 3. The van der Waals surface area contributed by atoms with Crippen LogP contribution < -0.4 is 0 Å². The molecule has 0 aromatic heterocycles. The van der Waals surface area contributed by atoms with E-state index in [1.807, 2.05) is 56.7 Å². The van der Waals surface area contributed by atoms with Gasteiger partial charge in [-0.3, -0.25) is 0 Å². The van der Waals surface area contributed by atoms with Crippen LogP contribution in [-0.4, -0.2) is 38.9 Å². The second-order valence-corrected chi connectivity index (χ2v) is 24.0. The zero-order valence-electron chi connectivity index (χ0n) is 46.4. The largest absolute Gasteiger partial charge is 4.00 e. The predicted octanol–water partition coefficient (Wildman–Crippen LogP) is 16.8. The first-order valence-electron chi connectivity index (χ1n) is 28.2. The summed E-state index contributed by atoms with van der Waals surface area (Å²) in [5, 5.41) is 0. The topological polar surface area (TPSA) is 172 Å². The Bertz CT molecular complexity index is 1830. The van der Waals surface area contributed by atoms with Gasteiger partial charge in [-0.15, -0.1) is 0 Å². The summed E-state index contributed by atoms with van der Waals surface area (Å²) in [4.78, 5) is 0. The van der Waals surface area contributed by atoms with Crippen LogP contribution in [0.25, 0.3) is 0 Å². The minimum absolute atomic E-state index is 0. The van der Waals surface area contributed by atoms with Crippen LogP contribution in [-0.2, 0) is 93.1 Å². The van der Waals surface area contributed by atoms with Crippen molar-refractivity contribution in [2.24, 2.45) is 0 Å². The van der Waals surface area contributed by atoms with Crippen molar-refractivity contribution in [2.75, 3.05) is 0 Å². The van der Waals surface area contributed by atoms with Gasteiger partial charge in [0.05, 0.1) is 47.6 Å². The second kappa shape index (κ2) is 48.6. The predicted molar refractivity (Wildman–Crippen MR) is 302 cm³/mol. The molecule has 0 radical (unpaired) electrons. The zero-order chi connectivity index (χ0) is 53.6. The molecule has 0 unspecified atom stereocenters. The third kappa shape index (κ3) is 48.4. The van der Waals surface area contributed by atoms with Crippen LogP contribution in [0.2, 0.25) is 0 Å². The molecule has 9 nitrogen and oxygen atoms in total. The number of unbranched alkanes of at least 4 members (excludes halogenated alkanes) is 27. The maximum Gasteiger partial charge on any atom is 4.00 e. The number of rotatable bonds is 39. The van der Waals surface area contributed by atoms with Crippen molar-refractivity contribution in [1.29, 1.82) is 0 Å². The first-order chi connectivity index (χ1) is 34.5. The van der Waals surface area contributed by atoms with Crippen molar-refractivity contribution in [3.63, 3.8) is 0 Å². The molecule has 0 atom stereocenters. The van der Waals surface area contributed by atoms with Crippen molar-refractivity contribution >= 4 is 30.4 Å². The molecule has 0 N–H and O–H groups in total. The van der Waals surface area contributed by atoms with E-state index in [0.29, 0.717) is 16.7 Å². The molecule has 0 saturated heterocycles. The third-order valence-electron chi connectivity index (χ3n) is 12.8. The molecule has 3 rings (SSSR count). The Labute approximate surface area is 468 Å². The Morgan fingerprint density at radius 1 is 0.301 bits per heavy atom. The molecule has 0 aliphatic heterocycles. The summed E-state index contributed by atoms with van der Waals surface area (Å²) >= 11 is 0. The normalized spacial score (nSPS) is 11.3. The molecule has 3 aromatic carbocycles. The standard InChI is InChI=1S/3C19H32O3S.C3H7.Zr/c3*1-2-3-4-5-6-7-8-9-10-11-14-18-15-12-13-16-19(18)17-23(20,21)22;1-3-2;/h3*12-13,15-16H,2-11,14,17H2,1H3,(H,20,21,22);3H,1-2H3;/q;;;-1;+4/p-3. The van der Waals surface area contributed by atoms with Crippen molar-refractivity contribution in [2.45, 2.75) is 264 Å². The van der Waals surface area contributed by atoms with Crippen molar-refractivity contribution in [1.82, 2.24) is 0 Å². The molecule has 416 valence electrons. The van der Waals surface area contributed by atoms with Gasteiger partial charge < -0.3 is 20.1 Å². The van der Waals surface area contributed by atoms with E-state index in [-0.39, 0.29) is 43.5 Å². The van der Waals surface area contributed by atoms with Crippen molar-refractivity contribution in [3.8, 4) is 0 Å². The Kier molecular flexibility index (Phi) is 48.9. The number of hydrogen-bond acceptors (Lipinski definition) is 9. The minimum Gasteiger partial charge on any atom is -0.748 e. The van der Waals surface area contributed by atoms with E-state index in [1.54, 1.807) is 36.4 Å². The van der Waals surface area contributed by atoms with Crippen LogP contribution in [0.4, 0.5) is 0 Å². The fourth-order valence-electron chi connectivity index (χ4n) is 8.81. The van der Waals surface area contributed by atoms with E-state index in [1.165, 1.54) is 173 Å². The van der Waals surface area contributed by atoms with Crippen molar-refractivity contribution < 1.29 is 65.1 Å². The van der Waals surface area contributed by atoms with Gasteiger partial charge in [0.25, 0.3) is 0 Å². The molecule has 3 aromatic rings. The Morgan fingerprint density at radius 2 is 0.452 bits per heavy atom. The molecule has 0 aliphatic rings. The first kappa shape index (κ1) is 73.3. The van der Waals surface area contributed by atoms with Crippen LogP contribution >= 0.6 is 0 Å². The van der Waals surface area contributed by atoms with Gasteiger partial charge in [0, 0.05) is 0 Å². The summed E-state index contributed by atoms with van der Waals surface area (Å²) in [7, 11) is -12.6. The Hall–Kier alpha value is -1.73. The zero-order valence-corrected chi connectivity index (χ0v) is 51.3. The van der Waals surface area contributed by atoms with Gasteiger partial charge in [0.15, 0.2) is 0 Å². The van der Waals surface area contributed by atoms with E-state index in [4.69, 9.17) is 0 Å². The summed E-state index contributed by atoms with van der Waals surface area (Å²) in [6.45, 7) is 10.7. The monoisotopic (exact) mass is 1150 g/mol. The van der Waals surface area contributed by atoms with Gasteiger partial charge in [-0.2, -0.15) is 13.8 Å². The molecular weight excluding hydrogens is 1050 g/mol. The van der Waals surface area contributed by atoms with Gasteiger partial charge in [0.1, 0.15) is 0 Å². The SMILES string of the molecule is CCCCCCCCCCCCc1ccccc1CS(=O)(=O)[O-].CCCCCCCCCCCCc1ccccc1CS(=O)(=O)[O-].CCCCCCCCCCCCc1ccccc1CS(=O)(=O)[O-].C[CH-]C.[Zr+4]. The summed E-state index contributed by atoms with van der Waals surface area (Å²) in [5.41, 5.74) is 5.01. The summed E-state index contributed by atoms with van der Waals surface area (Å²) < 4.78 is 98.5. The van der Waals surface area contributed by atoms with Gasteiger partial charge >= 0.3 is 26.2 Å². The van der Waals surface area contributed by atoms with Crippen LogP contribution in [0.5, 0.6) is 0 Å². The summed E-state index contributed by atoms with van der Waals surface area (Å²) in [6.07, 6.45) is 43.1. The van der Waals surface area contributed by atoms with Crippen LogP contribution in [0.1, 0.15) is 261 Å². The quantitative estimate of drug-likeness (QED) is 0.0306. The maximum absolute atomic E-state index is 10.9. The van der Waals surface area contributed by atoms with Crippen molar-refractivity contribution in [3.05, 3.63) is 113 Å². The van der Waals surface area contributed by atoms with Crippen LogP contribution in [0, 0.1) is 6.42 Å². The molecule has 0 saturated carbocycles. The summed E-state index contributed by atoms with van der Waals surface area (Å²) in [6, 6.07) is 22.2. The fraction of sp³-hybridized carbons (Fsp3) is 0.683. The van der Waals surface area contributed by atoms with E-state index >= 15 is 0 Å². The first-order valence-corrected chi connectivity index (χ1v) is 33.0. The van der Waals surface area contributed by atoms with E-state index in [0.717, 1.165) is 55.2 Å². The van der Waals surface area contributed by atoms with Gasteiger partial charge in [0.2, 0.25) is 0 Å². The Balaban J connectivity index is 0. The average molecular weight is 1150 g/mol. The van der Waals surface area contributed by atoms with Gasteiger partial charge in [-0.25, -0.2) is 25.3 Å². The molecule has 13 heteroatoms. The molecule has 73 heavy (non-hydrogen) atoms. The minimum atomic E-state index is -4.20. The van der Waals surface area contributed by atoms with E-state index < -0.39 is 30.4 Å². The maximum atomic E-state index is 10.9.